The van der Waals surface area contributed by atoms with Gasteiger partial charge in [-0.1, -0.05) is 42.5 Å². The first kappa shape index (κ1) is 22.0. The molecular weight excluding hydrogens is 399 g/mol. The summed E-state index contributed by atoms with van der Waals surface area (Å²) in [5, 5.41) is 0. The first-order valence-electron chi connectivity index (χ1n) is 9.34. The van der Waals surface area contributed by atoms with Crippen molar-refractivity contribution in [3.8, 4) is 11.1 Å². The van der Waals surface area contributed by atoms with Gasteiger partial charge in [0, 0.05) is 11.1 Å². The molecule has 2 saturated heterocycles. The minimum Gasteiger partial charge on any atom is -1.00 e. The Labute approximate surface area is 177 Å². The fraction of sp³-hybridized carbons (Fsp3) is 0.455. The first-order valence-corrected chi connectivity index (χ1v) is 12.8. The van der Waals surface area contributed by atoms with Crippen LogP contribution in [0.4, 0.5) is 0 Å². The van der Waals surface area contributed by atoms with Crippen molar-refractivity contribution in [3.05, 3.63) is 59.7 Å². The third kappa shape index (κ3) is 5.61. The molecule has 0 atom stereocenters. The third-order valence-electron chi connectivity index (χ3n) is 5.22. The van der Waals surface area contributed by atoms with Crippen LogP contribution in [-0.4, -0.2) is 23.0 Å². The molecule has 2 aliphatic heterocycles. The van der Waals surface area contributed by atoms with Crippen LogP contribution in [-0.2, 0) is 33.3 Å². The summed E-state index contributed by atoms with van der Waals surface area (Å²) in [4.78, 5) is 0. The van der Waals surface area contributed by atoms with Crippen LogP contribution >= 0.6 is 0 Å². The Balaban J connectivity index is 0.00000121. The van der Waals surface area contributed by atoms with Gasteiger partial charge in [0.15, 0.2) is 0 Å². The van der Waals surface area contributed by atoms with E-state index < -0.39 is 0 Å². The SMILES string of the molecule is [Cl-].[Cl-].c1ccc(-c2cc(C[S+]3CCCC3)ccc2C[S+]2CCCC2)cc1. The van der Waals surface area contributed by atoms with Crippen LogP contribution in [0.15, 0.2) is 48.5 Å². The Kier molecular flexibility index (Phi) is 9.23. The lowest BCUT2D eigenvalue weighted by atomic mass is 9.98. The maximum Gasteiger partial charge on any atom is 0.133 e. The first-order chi connectivity index (χ1) is 11.9. The Hall–Kier alpha value is -0.280. The van der Waals surface area contributed by atoms with Crippen molar-refractivity contribution in [3.63, 3.8) is 0 Å². The summed E-state index contributed by atoms with van der Waals surface area (Å²) in [5.74, 6) is 8.46. The van der Waals surface area contributed by atoms with Gasteiger partial charge in [-0.15, -0.1) is 0 Å². The summed E-state index contributed by atoms with van der Waals surface area (Å²) in [6.45, 7) is 0. The number of hydrogen-bond donors (Lipinski definition) is 0. The van der Waals surface area contributed by atoms with Crippen LogP contribution in [0.25, 0.3) is 11.1 Å². The van der Waals surface area contributed by atoms with Crippen molar-refractivity contribution in [2.75, 3.05) is 23.0 Å². The molecule has 0 N–H and O–H groups in total. The largest absolute Gasteiger partial charge is 1.00 e. The minimum atomic E-state index is 0. The highest BCUT2D eigenvalue weighted by atomic mass is 35.5. The molecular formula is C22H28Cl2S2. The van der Waals surface area contributed by atoms with Crippen molar-refractivity contribution in [1.82, 2.24) is 0 Å². The van der Waals surface area contributed by atoms with E-state index in [4.69, 9.17) is 0 Å². The van der Waals surface area contributed by atoms with Crippen LogP contribution in [0.1, 0.15) is 36.8 Å². The second kappa shape index (κ2) is 10.9. The predicted octanol–water partition coefficient (Wildman–Crippen LogP) is -0.814. The van der Waals surface area contributed by atoms with Gasteiger partial charge in [-0.25, -0.2) is 0 Å². The zero-order valence-corrected chi connectivity index (χ0v) is 18.4. The molecule has 0 amide bonds. The normalized spacial score (nSPS) is 17.7. The molecule has 2 heterocycles. The van der Waals surface area contributed by atoms with E-state index in [0.717, 1.165) is 0 Å². The fourth-order valence-corrected chi connectivity index (χ4v) is 8.68. The van der Waals surface area contributed by atoms with E-state index in [9.17, 15) is 0 Å². The second-order valence-corrected chi connectivity index (χ2v) is 11.8. The van der Waals surface area contributed by atoms with Crippen LogP contribution in [0.2, 0.25) is 0 Å². The average molecular weight is 428 g/mol. The molecule has 2 aromatic rings. The molecule has 2 fully saturated rings. The monoisotopic (exact) mass is 426 g/mol. The van der Waals surface area contributed by atoms with Crippen LogP contribution in [0.3, 0.4) is 0 Å². The highest BCUT2D eigenvalue weighted by molar-refractivity contribution is 7.96. The van der Waals surface area contributed by atoms with Crippen molar-refractivity contribution >= 4 is 21.8 Å². The Morgan fingerprint density at radius 3 is 1.85 bits per heavy atom. The molecule has 26 heavy (non-hydrogen) atoms. The highest BCUT2D eigenvalue weighted by Gasteiger charge is 2.27. The molecule has 4 heteroatoms. The van der Waals surface area contributed by atoms with Gasteiger partial charge < -0.3 is 24.8 Å². The Morgan fingerprint density at radius 2 is 1.23 bits per heavy atom. The summed E-state index contributed by atoms with van der Waals surface area (Å²) in [6, 6.07) is 18.5. The number of benzene rings is 2. The summed E-state index contributed by atoms with van der Waals surface area (Å²) in [7, 11) is 1.28. The molecule has 0 bridgehead atoms. The van der Waals surface area contributed by atoms with Crippen molar-refractivity contribution < 1.29 is 24.8 Å². The van der Waals surface area contributed by atoms with Gasteiger partial charge in [0.25, 0.3) is 0 Å². The van der Waals surface area contributed by atoms with Gasteiger partial charge >= 0.3 is 0 Å². The second-order valence-electron chi connectivity index (χ2n) is 7.10. The summed E-state index contributed by atoms with van der Waals surface area (Å²) < 4.78 is 0. The summed E-state index contributed by atoms with van der Waals surface area (Å²) >= 11 is 0. The predicted molar refractivity (Wildman–Crippen MR) is 112 cm³/mol. The quantitative estimate of drug-likeness (QED) is 0.548. The molecule has 0 unspecified atom stereocenters. The maximum absolute atomic E-state index is 2.52. The zero-order valence-electron chi connectivity index (χ0n) is 15.3. The third-order valence-corrected chi connectivity index (χ3v) is 10.1. The minimum absolute atomic E-state index is 0. The van der Waals surface area contributed by atoms with Crippen LogP contribution in [0, 0.1) is 0 Å². The molecule has 0 radical (unpaired) electrons. The van der Waals surface area contributed by atoms with Crippen molar-refractivity contribution in [2.45, 2.75) is 37.2 Å². The smallest absolute Gasteiger partial charge is 0.133 e. The number of halogens is 2. The van der Waals surface area contributed by atoms with E-state index in [0.29, 0.717) is 21.8 Å². The standard InChI is InChI=1S/C22H28S2.2ClH/c1-2-8-20(9-3-1)22-16-19(17-23-12-4-5-13-23)10-11-21(22)18-24-14-6-7-15-24;;/h1-3,8-11,16H,4-7,12-15,17-18H2;2*1H/q+2;;/p-2. The molecule has 0 spiro atoms. The van der Waals surface area contributed by atoms with E-state index in [2.05, 4.69) is 48.5 Å². The van der Waals surface area contributed by atoms with Gasteiger partial charge in [-0.2, -0.15) is 0 Å². The number of hydrogen-bond acceptors (Lipinski definition) is 0. The molecule has 0 aromatic heterocycles. The fourth-order valence-electron chi connectivity index (χ4n) is 3.90. The van der Waals surface area contributed by atoms with Gasteiger partial charge in [0.2, 0.25) is 0 Å². The van der Waals surface area contributed by atoms with Gasteiger partial charge in [-0.05, 0) is 64.7 Å². The summed E-state index contributed by atoms with van der Waals surface area (Å²) in [6.07, 6.45) is 5.81. The Bertz CT molecular complexity index is 663. The average Bonchev–Trinajstić information content (AvgIpc) is 3.31. The van der Waals surface area contributed by atoms with Gasteiger partial charge in [-0.3, -0.25) is 0 Å². The number of rotatable bonds is 5. The van der Waals surface area contributed by atoms with E-state index >= 15 is 0 Å². The van der Waals surface area contributed by atoms with Gasteiger partial charge in [0.05, 0.1) is 0 Å². The zero-order chi connectivity index (χ0) is 16.2. The molecule has 0 aliphatic carbocycles. The molecule has 2 aliphatic rings. The van der Waals surface area contributed by atoms with Crippen LogP contribution in [0.5, 0.6) is 0 Å². The van der Waals surface area contributed by atoms with Crippen molar-refractivity contribution in [2.24, 2.45) is 0 Å². The van der Waals surface area contributed by atoms with E-state index in [-0.39, 0.29) is 24.8 Å². The van der Waals surface area contributed by atoms with E-state index in [1.54, 1.807) is 11.1 Å². The van der Waals surface area contributed by atoms with Gasteiger partial charge in [0.1, 0.15) is 34.5 Å². The summed E-state index contributed by atoms with van der Waals surface area (Å²) in [5.41, 5.74) is 6.07. The van der Waals surface area contributed by atoms with E-state index in [1.807, 2.05) is 0 Å². The molecule has 4 rings (SSSR count). The lowest BCUT2D eigenvalue weighted by molar-refractivity contribution is -0.00100. The maximum atomic E-state index is 2.52. The lowest BCUT2D eigenvalue weighted by Gasteiger charge is -2.12. The lowest BCUT2D eigenvalue weighted by Crippen LogP contribution is -3.00. The molecule has 0 saturated carbocycles. The molecule has 2 aromatic carbocycles. The Morgan fingerprint density at radius 1 is 0.654 bits per heavy atom. The molecule has 142 valence electrons. The topological polar surface area (TPSA) is 0 Å². The highest BCUT2D eigenvalue weighted by Crippen LogP contribution is 2.30. The van der Waals surface area contributed by atoms with Crippen LogP contribution < -0.4 is 24.8 Å². The molecule has 0 nitrogen and oxygen atoms in total. The van der Waals surface area contributed by atoms with Crippen molar-refractivity contribution in [1.29, 1.82) is 0 Å². The van der Waals surface area contributed by atoms with E-state index in [1.165, 1.54) is 71.3 Å².